The number of carbonyl (C=O) groups is 2. The van der Waals surface area contributed by atoms with Gasteiger partial charge in [-0.15, -0.1) is 0 Å². The molecule has 1 rings (SSSR count). The molecule has 1 aliphatic rings. The van der Waals surface area contributed by atoms with Crippen molar-refractivity contribution in [1.29, 1.82) is 0 Å². The Labute approximate surface area is 161 Å². The summed E-state index contributed by atoms with van der Waals surface area (Å²) in [4.78, 5) is 23.5. The van der Waals surface area contributed by atoms with Crippen molar-refractivity contribution in [2.75, 3.05) is 0 Å². The van der Waals surface area contributed by atoms with Crippen LogP contribution in [0.3, 0.4) is 0 Å². The van der Waals surface area contributed by atoms with Crippen molar-refractivity contribution in [3.63, 3.8) is 0 Å². The SMILES string of the molecule is CCCCCC/C=C(\F)C(=O)N[C@H]1C[C@H]1NC(=O)/C(F)=C/CCCCCC. The average molecular weight is 385 g/mol. The minimum atomic E-state index is -0.790. The molecule has 0 unspecified atom stereocenters. The maximum atomic E-state index is 13.7. The predicted octanol–water partition coefficient (Wildman–Crippen LogP) is 5.01. The zero-order valence-corrected chi connectivity index (χ0v) is 16.7. The number of rotatable bonds is 14. The number of hydrogen-bond donors (Lipinski definition) is 2. The molecule has 0 heterocycles. The molecule has 0 saturated heterocycles. The lowest BCUT2D eigenvalue weighted by atomic mass is 10.1. The molecule has 1 fully saturated rings. The fourth-order valence-electron chi connectivity index (χ4n) is 2.77. The van der Waals surface area contributed by atoms with Crippen LogP contribution in [-0.2, 0) is 9.59 Å². The third-order valence-corrected chi connectivity index (χ3v) is 4.62. The van der Waals surface area contributed by atoms with Crippen LogP contribution in [0.4, 0.5) is 8.78 Å². The lowest BCUT2D eigenvalue weighted by molar-refractivity contribution is -0.120. The summed E-state index contributed by atoms with van der Waals surface area (Å²) in [5.41, 5.74) is 0. The lowest BCUT2D eigenvalue weighted by Gasteiger charge is -2.05. The molecule has 27 heavy (non-hydrogen) atoms. The highest BCUT2D eigenvalue weighted by molar-refractivity contribution is 5.93. The summed E-state index contributed by atoms with van der Waals surface area (Å²) in [7, 11) is 0. The highest BCUT2D eigenvalue weighted by Crippen LogP contribution is 2.22. The van der Waals surface area contributed by atoms with Crippen molar-refractivity contribution >= 4 is 11.8 Å². The molecule has 0 aliphatic heterocycles. The molecule has 0 bridgehead atoms. The summed E-state index contributed by atoms with van der Waals surface area (Å²) in [6.45, 7) is 4.20. The van der Waals surface area contributed by atoms with Gasteiger partial charge in [-0.25, -0.2) is 8.78 Å². The van der Waals surface area contributed by atoms with Crippen molar-refractivity contribution < 1.29 is 18.4 Å². The molecule has 0 aromatic rings. The Morgan fingerprint density at radius 1 is 0.778 bits per heavy atom. The van der Waals surface area contributed by atoms with Crippen molar-refractivity contribution in [2.24, 2.45) is 0 Å². The first-order chi connectivity index (χ1) is 13.0. The number of hydrogen-bond acceptors (Lipinski definition) is 2. The number of amides is 2. The zero-order valence-electron chi connectivity index (χ0n) is 16.7. The highest BCUT2D eigenvalue weighted by atomic mass is 19.1. The van der Waals surface area contributed by atoms with Gasteiger partial charge in [-0.2, -0.15) is 0 Å². The van der Waals surface area contributed by atoms with Gasteiger partial charge in [-0.3, -0.25) is 9.59 Å². The van der Waals surface area contributed by atoms with Gasteiger partial charge >= 0.3 is 0 Å². The van der Waals surface area contributed by atoms with E-state index in [0.717, 1.165) is 51.4 Å². The van der Waals surface area contributed by atoms with E-state index in [9.17, 15) is 18.4 Å². The first kappa shape index (κ1) is 23.3. The summed E-state index contributed by atoms with van der Waals surface area (Å²) >= 11 is 0. The van der Waals surface area contributed by atoms with Gasteiger partial charge in [0.15, 0.2) is 11.7 Å². The maximum Gasteiger partial charge on any atom is 0.279 e. The van der Waals surface area contributed by atoms with Crippen LogP contribution in [0.2, 0.25) is 0 Å². The van der Waals surface area contributed by atoms with Gasteiger partial charge in [-0.05, 0) is 44.3 Å². The third-order valence-electron chi connectivity index (χ3n) is 4.62. The predicted molar refractivity (Wildman–Crippen MR) is 104 cm³/mol. The standard InChI is InChI=1S/C21H34F2N2O2/c1-3-5-7-9-11-13-16(22)20(26)24-18-15-19(18)25-21(27)17(23)14-12-10-8-6-4-2/h13-14,18-19H,3-12,15H2,1-2H3,(H,24,26)(H,25,27)/b16-13-,17-14-/t18-,19+. The molecule has 6 heteroatoms. The molecular formula is C21H34F2N2O2. The number of carbonyl (C=O) groups excluding carboxylic acids is 2. The van der Waals surface area contributed by atoms with Crippen LogP contribution >= 0.6 is 0 Å². The van der Waals surface area contributed by atoms with Crippen molar-refractivity contribution in [1.82, 2.24) is 10.6 Å². The summed E-state index contributed by atoms with van der Waals surface area (Å²) in [6, 6.07) is -0.670. The number of allylic oxidation sites excluding steroid dienone is 2. The van der Waals surface area contributed by atoms with Gasteiger partial charge < -0.3 is 10.6 Å². The molecule has 0 spiro atoms. The van der Waals surface area contributed by atoms with Crippen molar-refractivity contribution in [3.8, 4) is 0 Å². The van der Waals surface area contributed by atoms with Gasteiger partial charge in [0.1, 0.15) is 0 Å². The molecule has 0 radical (unpaired) electrons. The van der Waals surface area contributed by atoms with E-state index in [1.165, 1.54) is 12.2 Å². The van der Waals surface area contributed by atoms with E-state index in [1.807, 2.05) is 0 Å². The zero-order chi connectivity index (χ0) is 20.1. The molecule has 2 atom stereocenters. The Bertz CT molecular complexity index is 486. The number of unbranched alkanes of at least 4 members (excludes halogenated alkanes) is 8. The molecule has 154 valence electrons. The second-order valence-electron chi connectivity index (χ2n) is 7.20. The van der Waals surface area contributed by atoms with Gasteiger partial charge in [0.05, 0.1) is 12.1 Å². The summed E-state index contributed by atoms with van der Waals surface area (Å²) in [5.74, 6) is -3.11. The Hall–Kier alpha value is -1.72. The maximum absolute atomic E-state index is 13.7. The van der Waals surface area contributed by atoms with Gasteiger partial charge in [0.2, 0.25) is 0 Å². The molecule has 1 aliphatic carbocycles. The van der Waals surface area contributed by atoms with Gasteiger partial charge in [0.25, 0.3) is 11.8 Å². The van der Waals surface area contributed by atoms with E-state index in [0.29, 0.717) is 19.3 Å². The van der Waals surface area contributed by atoms with Crippen LogP contribution in [0.5, 0.6) is 0 Å². The van der Waals surface area contributed by atoms with Gasteiger partial charge in [-0.1, -0.05) is 52.4 Å². The molecule has 4 nitrogen and oxygen atoms in total. The van der Waals surface area contributed by atoms with Crippen LogP contribution in [0.25, 0.3) is 0 Å². The minimum absolute atomic E-state index is 0.335. The van der Waals surface area contributed by atoms with E-state index in [1.54, 1.807) is 0 Å². The van der Waals surface area contributed by atoms with E-state index >= 15 is 0 Å². The van der Waals surface area contributed by atoms with Crippen molar-refractivity contribution in [2.45, 2.75) is 96.6 Å². The van der Waals surface area contributed by atoms with E-state index < -0.39 is 23.5 Å². The first-order valence-corrected chi connectivity index (χ1v) is 10.3. The Balaban J connectivity index is 2.24. The van der Waals surface area contributed by atoms with Crippen LogP contribution in [0.1, 0.15) is 84.5 Å². The highest BCUT2D eigenvalue weighted by Gasteiger charge is 2.40. The fraction of sp³-hybridized carbons (Fsp3) is 0.714. The van der Waals surface area contributed by atoms with Crippen LogP contribution in [0, 0.1) is 0 Å². The third kappa shape index (κ3) is 10.3. The Kier molecular flexibility index (Phi) is 11.6. The second-order valence-corrected chi connectivity index (χ2v) is 7.20. The van der Waals surface area contributed by atoms with Crippen molar-refractivity contribution in [3.05, 3.63) is 23.8 Å². The molecule has 0 aromatic heterocycles. The summed E-state index contributed by atoms with van der Waals surface area (Å²) in [6.07, 6.45) is 12.4. The molecule has 2 amide bonds. The smallest absolute Gasteiger partial charge is 0.279 e. The largest absolute Gasteiger partial charge is 0.345 e. The van der Waals surface area contributed by atoms with E-state index in [-0.39, 0.29) is 12.1 Å². The molecular weight excluding hydrogens is 350 g/mol. The van der Waals surface area contributed by atoms with Crippen LogP contribution in [-0.4, -0.2) is 23.9 Å². The minimum Gasteiger partial charge on any atom is -0.345 e. The Morgan fingerprint density at radius 3 is 1.56 bits per heavy atom. The van der Waals surface area contributed by atoms with Crippen LogP contribution in [0.15, 0.2) is 23.8 Å². The van der Waals surface area contributed by atoms with Gasteiger partial charge in [0, 0.05) is 0 Å². The number of nitrogens with one attached hydrogen (secondary N) is 2. The lowest BCUT2D eigenvalue weighted by Crippen LogP contribution is -2.35. The monoisotopic (exact) mass is 384 g/mol. The first-order valence-electron chi connectivity index (χ1n) is 10.3. The Morgan fingerprint density at radius 2 is 1.19 bits per heavy atom. The van der Waals surface area contributed by atoms with Crippen LogP contribution < -0.4 is 10.6 Å². The normalized spacial score (nSPS) is 19.7. The molecule has 0 aromatic carbocycles. The van der Waals surface area contributed by atoms with E-state index in [2.05, 4.69) is 24.5 Å². The van der Waals surface area contributed by atoms with E-state index in [4.69, 9.17) is 0 Å². The summed E-state index contributed by atoms with van der Waals surface area (Å²) in [5, 5.41) is 5.06. The second kappa shape index (κ2) is 13.4. The molecule has 1 saturated carbocycles. The fourth-order valence-corrected chi connectivity index (χ4v) is 2.77. The number of halogens is 2. The molecule has 2 N–H and O–H groups in total. The summed E-state index contributed by atoms with van der Waals surface area (Å²) < 4.78 is 27.5. The average Bonchev–Trinajstić information content (AvgIpc) is 3.37. The topological polar surface area (TPSA) is 58.2 Å². The quantitative estimate of drug-likeness (QED) is 0.327.